The number of benzene rings is 2. The number of carbonyl (C=O) groups excluding carboxylic acids is 1. The summed E-state index contributed by atoms with van der Waals surface area (Å²) < 4.78 is 21.2. The van der Waals surface area contributed by atoms with Crippen molar-refractivity contribution in [3.8, 4) is 11.4 Å². The summed E-state index contributed by atoms with van der Waals surface area (Å²) in [5.74, 6) is -0.391. The van der Waals surface area contributed by atoms with Crippen LogP contribution in [0.2, 0.25) is 0 Å². The molecule has 1 N–H and O–H groups in total. The monoisotopic (exact) mass is 406 g/mol. The highest BCUT2D eigenvalue weighted by atomic mass is 19.1. The fraction of sp³-hybridized carbons (Fsp3) is 0.227. The number of morpholine rings is 1. The van der Waals surface area contributed by atoms with Gasteiger partial charge in [-0.2, -0.15) is 0 Å². The number of hydrogen-bond acceptors (Lipinski definition) is 4. The van der Waals surface area contributed by atoms with E-state index in [0.717, 1.165) is 0 Å². The number of fused-ring (bicyclic) bond motifs is 2. The predicted octanol–water partition coefficient (Wildman–Crippen LogP) is 2.69. The molecule has 0 atom stereocenters. The van der Waals surface area contributed by atoms with Crippen LogP contribution in [0.5, 0.6) is 0 Å². The van der Waals surface area contributed by atoms with E-state index in [-0.39, 0.29) is 17.3 Å². The molecule has 5 rings (SSSR count). The smallest absolute Gasteiger partial charge is 0.271 e. The molecule has 0 unspecified atom stereocenters. The molecular weight excluding hydrogens is 387 g/mol. The third-order valence-corrected chi connectivity index (χ3v) is 5.51. The molecule has 7 nitrogen and oxygen atoms in total. The molecule has 2 aromatic carbocycles. The van der Waals surface area contributed by atoms with Gasteiger partial charge in [-0.25, -0.2) is 9.37 Å². The average Bonchev–Trinajstić information content (AvgIpc) is 3.05. The third-order valence-electron chi connectivity index (χ3n) is 5.51. The average molecular weight is 406 g/mol. The standard InChI is InChI=1S/C22H19FN4O3/c1-26-17-7-6-13(23)12-15(17)18(19(26)22(29)27-8-10-30-11-9-27)20-24-16-5-3-2-4-14(16)21(28)25-20/h2-7,12H,8-11H2,1H3,(H,24,25,28). The molecule has 0 bridgehead atoms. The maximum atomic E-state index is 14.1. The minimum absolute atomic E-state index is 0.205. The van der Waals surface area contributed by atoms with Crippen LogP contribution in [0.15, 0.2) is 47.3 Å². The third kappa shape index (κ3) is 2.88. The van der Waals surface area contributed by atoms with E-state index in [1.165, 1.54) is 12.1 Å². The summed E-state index contributed by atoms with van der Waals surface area (Å²) in [4.78, 5) is 35.2. The van der Waals surface area contributed by atoms with Crippen molar-refractivity contribution >= 4 is 27.7 Å². The summed E-state index contributed by atoms with van der Waals surface area (Å²) in [6, 6.07) is 11.3. The van der Waals surface area contributed by atoms with Gasteiger partial charge in [0.1, 0.15) is 17.3 Å². The number of aryl methyl sites for hydroxylation is 1. The molecular formula is C22H19FN4O3. The number of nitrogens with zero attached hydrogens (tertiary/aromatic N) is 3. The number of H-pyrrole nitrogens is 1. The van der Waals surface area contributed by atoms with Crippen LogP contribution >= 0.6 is 0 Å². The lowest BCUT2D eigenvalue weighted by Gasteiger charge is -2.27. The molecule has 1 amide bonds. The van der Waals surface area contributed by atoms with Gasteiger partial charge in [-0.3, -0.25) is 9.59 Å². The molecule has 2 aromatic heterocycles. The molecule has 0 saturated carbocycles. The lowest BCUT2D eigenvalue weighted by Crippen LogP contribution is -2.41. The topological polar surface area (TPSA) is 80.2 Å². The van der Waals surface area contributed by atoms with Gasteiger partial charge in [0.05, 0.1) is 29.7 Å². The Labute approximate surface area is 170 Å². The summed E-state index contributed by atoms with van der Waals surface area (Å²) in [5, 5.41) is 0.973. The fourth-order valence-corrected chi connectivity index (χ4v) is 4.03. The highest BCUT2D eigenvalue weighted by Crippen LogP contribution is 2.34. The molecule has 1 saturated heterocycles. The highest BCUT2D eigenvalue weighted by molar-refractivity contribution is 6.09. The van der Waals surface area contributed by atoms with Crippen LogP contribution < -0.4 is 5.56 Å². The Bertz CT molecular complexity index is 1350. The number of carbonyl (C=O) groups is 1. The lowest BCUT2D eigenvalue weighted by molar-refractivity contribution is 0.0297. The van der Waals surface area contributed by atoms with Gasteiger partial charge >= 0.3 is 0 Å². The summed E-state index contributed by atoms with van der Waals surface area (Å²) in [7, 11) is 1.76. The van der Waals surface area contributed by atoms with Gasteiger partial charge in [-0.1, -0.05) is 12.1 Å². The molecule has 0 aliphatic carbocycles. The van der Waals surface area contributed by atoms with Gasteiger partial charge in [0.2, 0.25) is 0 Å². The van der Waals surface area contributed by atoms with Gasteiger partial charge in [-0.15, -0.1) is 0 Å². The first-order chi connectivity index (χ1) is 14.5. The van der Waals surface area contributed by atoms with E-state index in [9.17, 15) is 14.0 Å². The van der Waals surface area contributed by atoms with E-state index >= 15 is 0 Å². The first-order valence-electron chi connectivity index (χ1n) is 9.69. The van der Waals surface area contributed by atoms with E-state index in [2.05, 4.69) is 9.97 Å². The zero-order valence-corrected chi connectivity index (χ0v) is 16.3. The lowest BCUT2D eigenvalue weighted by atomic mass is 10.1. The van der Waals surface area contributed by atoms with Crippen molar-refractivity contribution in [2.45, 2.75) is 0 Å². The van der Waals surface area contributed by atoms with Crippen LogP contribution in [0.1, 0.15) is 10.5 Å². The Morgan fingerprint density at radius 1 is 1.13 bits per heavy atom. The van der Waals surface area contributed by atoms with E-state index in [0.29, 0.717) is 59.4 Å². The van der Waals surface area contributed by atoms with E-state index in [1.54, 1.807) is 46.8 Å². The van der Waals surface area contributed by atoms with Crippen molar-refractivity contribution in [1.82, 2.24) is 19.4 Å². The summed E-state index contributed by atoms with van der Waals surface area (Å²) in [6.07, 6.45) is 0. The van der Waals surface area contributed by atoms with Crippen LogP contribution in [0.3, 0.4) is 0 Å². The molecule has 3 heterocycles. The summed E-state index contributed by atoms with van der Waals surface area (Å²) in [5.41, 5.74) is 1.66. The molecule has 4 aromatic rings. The van der Waals surface area contributed by atoms with Gasteiger partial charge in [0.25, 0.3) is 11.5 Å². The number of aromatic nitrogens is 3. The molecule has 152 valence electrons. The zero-order chi connectivity index (χ0) is 20.8. The van der Waals surface area contributed by atoms with Crippen LogP contribution in [0, 0.1) is 5.82 Å². The van der Waals surface area contributed by atoms with E-state index < -0.39 is 5.82 Å². The van der Waals surface area contributed by atoms with Crippen molar-refractivity contribution < 1.29 is 13.9 Å². The minimum atomic E-state index is -0.428. The van der Waals surface area contributed by atoms with Crippen molar-refractivity contribution in [3.63, 3.8) is 0 Å². The van der Waals surface area contributed by atoms with Crippen LogP contribution in [-0.4, -0.2) is 51.6 Å². The number of amides is 1. The number of nitrogens with one attached hydrogen (secondary N) is 1. The molecule has 0 radical (unpaired) electrons. The Morgan fingerprint density at radius 3 is 2.70 bits per heavy atom. The Balaban J connectivity index is 1.81. The fourth-order valence-electron chi connectivity index (χ4n) is 4.03. The molecule has 1 fully saturated rings. The number of hydrogen-bond donors (Lipinski definition) is 1. The Hall–Kier alpha value is -3.52. The van der Waals surface area contributed by atoms with Crippen molar-refractivity contribution in [3.05, 3.63) is 64.3 Å². The predicted molar refractivity (Wildman–Crippen MR) is 111 cm³/mol. The normalized spacial score (nSPS) is 14.5. The van der Waals surface area contributed by atoms with Crippen molar-refractivity contribution in [1.29, 1.82) is 0 Å². The number of aromatic amines is 1. The van der Waals surface area contributed by atoms with Crippen LogP contribution in [0.4, 0.5) is 4.39 Å². The Morgan fingerprint density at radius 2 is 1.90 bits per heavy atom. The number of rotatable bonds is 2. The SMILES string of the molecule is Cn1c(C(=O)N2CCOCC2)c(-c2nc3ccccc3c(=O)[nH]2)c2cc(F)ccc21. The van der Waals surface area contributed by atoms with Gasteiger partial charge in [-0.05, 0) is 30.3 Å². The number of halogens is 1. The minimum Gasteiger partial charge on any atom is -0.378 e. The van der Waals surface area contributed by atoms with E-state index in [1.807, 2.05) is 0 Å². The second-order valence-corrected chi connectivity index (χ2v) is 7.28. The highest BCUT2D eigenvalue weighted by Gasteiger charge is 2.28. The van der Waals surface area contributed by atoms with Gasteiger partial charge < -0.3 is 19.2 Å². The molecule has 8 heteroatoms. The maximum absolute atomic E-state index is 14.1. The molecule has 1 aliphatic heterocycles. The maximum Gasteiger partial charge on any atom is 0.271 e. The molecule has 0 spiro atoms. The summed E-state index contributed by atoms with van der Waals surface area (Å²) in [6.45, 7) is 1.86. The van der Waals surface area contributed by atoms with Crippen molar-refractivity contribution in [2.75, 3.05) is 26.3 Å². The first-order valence-corrected chi connectivity index (χ1v) is 9.69. The molecule has 1 aliphatic rings. The molecule has 30 heavy (non-hydrogen) atoms. The quantitative estimate of drug-likeness (QED) is 0.555. The van der Waals surface area contributed by atoms with E-state index in [4.69, 9.17) is 4.74 Å². The number of para-hydroxylation sites is 1. The number of ether oxygens (including phenoxy) is 1. The second kappa shape index (κ2) is 7.07. The largest absolute Gasteiger partial charge is 0.378 e. The second-order valence-electron chi connectivity index (χ2n) is 7.28. The van der Waals surface area contributed by atoms with Crippen LogP contribution in [0.25, 0.3) is 33.2 Å². The van der Waals surface area contributed by atoms with Crippen molar-refractivity contribution in [2.24, 2.45) is 7.05 Å². The van der Waals surface area contributed by atoms with Gasteiger partial charge in [0.15, 0.2) is 0 Å². The first kappa shape index (κ1) is 18.5. The summed E-state index contributed by atoms with van der Waals surface area (Å²) >= 11 is 0. The zero-order valence-electron chi connectivity index (χ0n) is 16.3. The Kier molecular flexibility index (Phi) is 4.36. The van der Waals surface area contributed by atoms with Crippen LogP contribution in [-0.2, 0) is 11.8 Å². The van der Waals surface area contributed by atoms with Gasteiger partial charge in [0, 0.05) is 31.0 Å².